The maximum absolute atomic E-state index is 12.3. The van der Waals surface area contributed by atoms with E-state index < -0.39 is 0 Å². The van der Waals surface area contributed by atoms with Crippen LogP contribution in [0.3, 0.4) is 0 Å². The van der Waals surface area contributed by atoms with Gasteiger partial charge in [0.2, 0.25) is 5.91 Å². The first kappa shape index (κ1) is 17.2. The summed E-state index contributed by atoms with van der Waals surface area (Å²) >= 11 is 0. The molecule has 1 amide bonds. The molecule has 3 rings (SSSR count). The number of anilines is 2. The van der Waals surface area contributed by atoms with E-state index in [1.807, 2.05) is 48.5 Å². The second-order valence-electron chi connectivity index (χ2n) is 6.39. The van der Waals surface area contributed by atoms with E-state index in [1.54, 1.807) is 0 Å². The average Bonchev–Trinajstić information content (AvgIpc) is 3.14. The minimum Gasteiger partial charge on any atom is -0.392 e. The third-order valence-electron chi connectivity index (χ3n) is 4.45. The Bertz CT molecular complexity index is 738. The summed E-state index contributed by atoms with van der Waals surface area (Å²) in [6.45, 7) is 0.711. The molecule has 3 N–H and O–H groups in total. The quantitative estimate of drug-likeness (QED) is 0.668. The van der Waals surface area contributed by atoms with Crippen LogP contribution in [-0.4, -0.2) is 11.0 Å². The second-order valence-corrected chi connectivity index (χ2v) is 6.39. The first-order valence-electron chi connectivity index (χ1n) is 8.72. The van der Waals surface area contributed by atoms with Crippen LogP contribution in [0, 0.1) is 5.92 Å². The maximum atomic E-state index is 12.3. The van der Waals surface area contributed by atoms with Crippen molar-refractivity contribution < 1.29 is 9.90 Å². The molecule has 0 aromatic heterocycles. The highest BCUT2D eigenvalue weighted by atomic mass is 16.3. The lowest BCUT2D eigenvalue weighted by Gasteiger charge is -2.14. The minimum atomic E-state index is 0.0538. The molecule has 1 aliphatic rings. The van der Waals surface area contributed by atoms with Crippen molar-refractivity contribution in [2.45, 2.75) is 32.4 Å². The molecule has 2 aromatic carbocycles. The van der Waals surface area contributed by atoms with E-state index in [1.165, 1.54) is 0 Å². The molecule has 25 heavy (non-hydrogen) atoms. The molecule has 2 aromatic rings. The van der Waals surface area contributed by atoms with Crippen LogP contribution in [0.4, 0.5) is 11.4 Å². The Balaban J connectivity index is 1.59. The highest BCUT2D eigenvalue weighted by Gasteiger charge is 2.15. The fourth-order valence-electron chi connectivity index (χ4n) is 3.01. The monoisotopic (exact) mass is 336 g/mol. The molecular weight excluding hydrogens is 312 g/mol. The third kappa shape index (κ3) is 4.94. The van der Waals surface area contributed by atoms with Crippen LogP contribution in [0.2, 0.25) is 0 Å². The summed E-state index contributed by atoms with van der Waals surface area (Å²) in [4.78, 5) is 12.3. The Morgan fingerprint density at radius 1 is 1.04 bits per heavy atom. The van der Waals surface area contributed by atoms with Crippen molar-refractivity contribution in [3.05, 3.63) is 71.8 Å². The molecule has 0 saturated heterocycles. The predicted octanol–water partition coefficient (Wildman–Crippen LogP) is 4.09. The lowest BCUT2D eigenvalue weighted by molar-refractivity contribution is -0.116. The molecular formula is C21H24N2O2. The summed E-state index contributed by atoms with van der Waals surface area (Å²) in [6, 6.07) is 15.6. The molecule has 0 radical (unpaired) electrons. The molecule has 1 unspecified atom stereocenters. The van der Waals surface area contributed by atoms with Gasteiger partial charge in [-0.1, -0.05) is 48.6 Å². The van der Waals surface area contributed by atoms with Gasteiger partial charge in [0.05, 0.1) is 18.0 Å². The van der Waals surface area contributed by atoms with Crippen LogP contribution in [-0.2, 0) is 17.9 Å². The Morgan fingerprint density at radius 3 is 2.44 bits per heavy atom. The van der Waals surface area contributed by atoms with E-state index in [0.717, 1.165) is 35.3 Å². The molecule has 4 heteroatoms. The molecule has 0 heterocycles. The first-order chi connectivity index (χ1) is 12.2. The zero-order valence-electron chi connectivity index (χ0n) is 14.2. The number of nitrogens with one attached hydrogen (secondary N) is 2. The van der Waals surface area contributed by atoms with Crippen LogP contribution in [0.15, 0.2) is 60.7 Å². The van der Waals surface area contributed by atoms with Gasteiger partial charge in [-0.25, -0.2) is 0 Å². The summed E-state index contributed by atoms with van der Waals surface area (Å²) in [5.74, 6) is 0.420. The van der Waals surface area contributed by atoms with Gasteiger partial charge in [-0.2, -0.15) is 0 Å². The van der Waals surface area contributed by atoms with Gasteiger partial charge in [0.1, 0.15) is 0 Å². The van der Waals surface area contributed by atoms with E-state index in [-0.39, 0.29) is 12.5 Å². The third-order valence-corrected chi connectivity index (χ3v) is 4.45. The second kappa shape index (κ2) is 8.49. The van der Waals surface area contributed by atoms with Crippen LogP contribution >= 0.6 is 0 Å². The summed E-state index contributed by atoms with van der Waals surface area (Å²) in [5, 5.41) is 15.5. The molecule has 130 valence electrons. The highest BCUT2D eigenvalue weighted by Crippen LogP contribution is 2.24. The number of para-hydroxylation sites is 2. The van der Waals surface area contributed by atoms with E-state index in [2.05, 4.69) is 22.8 Å². The topological polar surface area (TPSA) is 61.4 Å². The van der Waals surface area contributed by atoms with Gasteiger partial charge in [-0.05, 0) is 42.0 Å². The number of aliphatic hydroxyl groups is 1. The van der Waals surface area contributed by atoms with Gasteiger partial charge in [-0.3, -0.25) is 4.79 Å². The normalized spacial score (nSPS) is 16.0. The predicted molar refractivity (Wildman–Crippen MR) is 101 cm³/mol. The van der Waals surface area contributed by atoms with E-state index >= 15 is 0 Å². The number of benzene rings is 2. The Kier molecular flexibility index (Phi) is 5.86. The Labute approximate surface area is 148 Å². The van der Waals surface area contributed by atoms with Gasteiger partial charge in [-0.15, -0.1) is 0 Å². The van der Waals surface area contributed by atoms with Crippen LogP contribution in [0.25, 0.3) is 0 Å². The van der Waals surface area contributed by atoms with Crippen molar-refractivity contribution in [2.75, 3.05) is 10.6 Å². The lowest BCUT2D eigenvalue weighted by atomic mass is 10.0. The zero-order chi connectivity index (χ0) is 17.5. The van der Waals surface area contributed by atoms with Crippen molar-refractivity contribution in [3.63, 3.8) is 0 Å². The van der Waals surface area contributed by atoms with Gasteiger partial charge in [0.15, 0.2) is 0 Å². The number of allylic oxidation sites excluding steroid dienone is 2. The summed E-state index contributed by atoms with van der Waals surface area (Å²) in [6.07, 6.45) is 6.96. The largest absolute Gasteiger partial charge is 0.392 e. The van der Waals surface area contributed by atoms with Crippen molar-refractivity contribution >= 4 is 17.3 Å². The molecule has 0 spiro atoms. The minimum absolute atomic E-state index is 0.0538. The molecule has 0 bridgehead atoms. The van der Waals surface area contributed by atoms with Crippen LogP contribution in [0.1, 0.15) is 30.4 Å². The maximum Gasteiger partial charge on any atom is 0.225 e. The van der Waals surface area contributed by atoms with Gasteiger partial charge < -0.3 is 15.7 Å². The summed E-state index contributed by atoms with van der Waals surface area (Å²) < 4.78 is 0. The number of hydrogen-bond donors (Lipinski definition) is 3. The van der Waals surface area contributed by atoms with Crippen molar-refractivity contribution in [1.82, 2.24) is 0 Å². The van der Waals surface area contributed by atoms with E-state index in [0.29, 0.717) is 18.9 Å². The molecule has 1 aliphatic carbocycles. The number of aliphatic hydroxyl groups excluding tert-OH is 1. The van der Waals surface area contributed by atoms with Gasteiger partial charge >= 0.3 is 0 Å². The Morgan fingerprint density at radius 2 is 1.76 bits per heavy atom. The van der Waals surface area contributed by atoms with Crippen molar-refractivity contribution in [1.29, 1.82) is 0 Å². The number of amides is 1. The molecule has 0 aliphatic heterocycles. The van der Waals surface area contributed by atoms with E-state index in [9.17, 15) is 4.79 Å². The molecule has 4 nitrogen and oxygen atoms in total. The van der Waals surface area contributed by atoms with Crippen molar-refractivity contribution in [2.24, 2.45) is 5.92 Å². The van der Waals surface area contributed by atoms with Crippen LogP contribution < -0.4 is 10.6 Å². The number of carbonyl (C=O) groups is 1. The zero-order valence-corrected chi connectivity index (χ0v) is 14.2. The fraction of sp³-hybridized carbons (Fsp3) is 0.286. The SMILES string of the molecule is O=C(CC1C=CCC1)Nc1ccccc1NCc1ccc(CO)cc1. The molecule has 1 atom stereocenters. The van der Waals surface area contributed by atoms with Crippen LogP contribution in [0.5, 0.6) is 0 Å². The number of rotatable bonds is 7. The van der Waals surface area contributed by atoms with Crippen molar-refractivity contribution in [3.8, 4) is 0 Å². The van der Waals surface area contributed by atoms with E-state index in [4.69, 9.17) is 5.11 Å². The average molecular weight is 336 g/mol. The molecule has 0 fully saturated rings. The first-order valence-corrected chi connectivity index (χ1v) is 8.72. The number of carbonyl (C=O) groups excluding carboxylic acids is 1. The fourth-order valence-corrected chi connectivity index (χ4v) is 3.01. The van der Waals surface area contributed by atoms with Gasteiger partial charge in [0, 0.05) is 13.0 Å². The lowest BCUT2D eigenvalue weighted by Crippen LogP contribution is -2.16. The summed E-state index contributed by atoms with van der Waals surface area (Å²) in [5.41, 5.74) is 3.73. The van der Waals surface area contributed by atoms with Gasteiger partial charge in [0.25, 0.3) is 0 Å². The number of hydrogen-bond acceptors (Lipinski definition) is 3. The smallest absolute Gasteiger partial charge is 0.225 e. The summed E-state index contributed by atoms with van der Waals surface area (Å²) in [7, 11) is 0. The Hall–Kier alpha value is -2.59. The standard InChI is InChI=1S/C21H24N2O2/c24-15-18-11-9-17(10-12-18)14-22-19-7-3-4-8-20(19)23-21(25)13-16-5-1-2-6-16/h1,3-5,7-12,16,22,24H,2,6,13-15H2,(H,23,25). The molecule has 0 saturated carbocycles. The highest BCUT2D eigenvalue weighted by molar-refractivity contribution is 5.94.